The Morgan fingerprint density at radius 2 is 1.80 bits per heavy atom. The number of anilines is 1. The van der Waals surface area contributed by atoms with Crippen LogP contribution in [0.4, 0.5) is 5.82 Å². The maximum atomic E-state index is 6.35. The molecule has 2 aromatic rings. The first-order valence-corrected chi connectivity index (χ1v) is 6.39. The summed E-state index contributed by atoms with van der Waals surface area (Å²) >= 11 is 6.35. The number of ether oxygens (including phenoxy) is 2. The molecule has 5 nitrogen and oxygen atoms in total. The van der Waals surface area contributed by atoms with Gasteiger partial charge in [-0.3, -0.25) is 0 Å². The van der Waals surface area contributed by atoms with E-state index >= 15 is 0 Å². The molecule has 1 aromatic carbocycles. The molecule has 0 amide bonds. The van der Waals surface area contributed by atoms with E-state index < -0.39 is 0 Å². The van der Waals surface area contributed by atoms with Gasteiger partial charge in [-0.2, -0.15) is 0 Å². The Morgan fingerprint density at radius 3 is 2.35 bits per heavy atom. The van der Waals surface area contributed by atoms with Gasteiger partial charge in [-0.15, -0.1) is 0 Å². The lowest BCUT2D eigenvalue weighted by atomic mass is 10.1. The van der Waals surface area contributed by atoms with Gasteiger partial charge in [-0.25, -0.2) is 9.97 Å². The monoisotopic (exact) mass is 293 g/mol. The molecule has 6 heteroatoms. The van der Waals surface area contributed by atoms with Crippen molar-refractivity contribution in [1.82, 2.24) is 9.97 Å². The first kappa shape index (κ1) is 14.4. The minimum absolute atomic E-state index is 0.398. The van der Waals surface area contributed by atoms with Crippen LogP contribution in [0, 0.1) is 13.8 Å². The fraction of sp³-hybridized carbons (Fsp3) is 0.286. The highest BCUT2D eigenvalue weighted by Crippen LogP contribution is 2.41. The summed E-state index contributed by atoms with van der Waals surface area (Å²) < 4.78 is 10.5. The quantitative estimate of drug-likeness (QED) is 0.942. The third-order valence-corrected chi connectivity index (χ3v) is 3.53. The predicted octanol–water partition coefficient (Wildman–Crippen LogP) is 3.01. The average molecular weight is 294 g/mol. The summed E-state index contributed by atoms with van der Waals surface area (Å²) in [5.74, 6) is 1.92. The molecular weight excluding hydrogens is 278 g/mol. The summed E-state index contributed by atoms with van der Waals surface area (Å²) in [7, 11) is 3.08. The molecule has 106 valence electrons. The molecule has 0 unspecified atom stereocenters. The Labute approximate surface area is 122 Å². The Kier molecular flexibility index (Phi) is 3.99. The molecule has 0 radical (unpaired) electrons. The molecule has 0 saturated carbocycles. The topological polar surface area (TPSA) is 70.3 Å². The number of rotatable bonds is 3. The number of aromatic nitrogens is 2. The number of benzene rings is 1. The van der Waals surface area contributed by atoms with Gasteiger partial charge in [-0.1, -0.05) is 11.6 Å². The van der Waals surface area contributed by atoms with Gasteiger partial charge in [0.05, 0.1) is 19.2 Å². The zero-order valence-corrected chi connectivity index (χ0v) is 12.6. The van der Waals surface area contributed by atoms with Crippen molar-refractivity contribution in [3.8, 4) is 22.9 Å². The van der Waals surface area contributed by atoms with Crippen molar-refractivity contribution in [2.24, 2.45) is 0 Å². The maximum Gasteiger partial charge on any atom is 0.180 e. The normalized spacial score (nSPS) is 10.4. The molecule has 0 aliphatic rings. The van der Waals surface area contributed by atoms with Crippen LogP contribution in [0.15, 0.2) is 12.1 Å². The molecule has 1 aromatic heterocycles. The first-order valence-electron chi connectivity index (χ1n) is 6.01. The van der Waals surface area contributed by atoms with E-state index in [0.29, 0.717) is 33.7 Å². The van der Waals surface area contributed by atoms with Gasteiger partial charge in [0.25, 0.3) is 0 Å². The van der Waals surface area contributed by atoms with Crippen molar-refractivity contribution in [2.45, 2.75) is 13.8 Å². The Morgan fingerprint density at radius 1 is 1.10 bits per heavy atom. The number of hydrogen-bond donors (Lipinski definition) is 1. The summed E-state index contributed by atoms with van der Waals surface area (Å²) in [5, 5.41) is 0.398. The van der Waals surface area contributed by atoms with Crippen LogP contribution < -0.4 is 15.2 Å². The lowest BCUT2D eigenvalue weighted by molar-refractivity contribution is 0.355. The van der Waals surface area contributed by atoms with Crippen molar-refractivity contribution >= 4 is 17.4 Å². The maximum absolute atomic E-state index is 6.35. The van der Waals surface area contributed by atoms with Crippen molar-refractivity contribution in [3.05, 3.63) is 28.4 Å². The van der Waals surface area contributed by atoms with Crippen molar-refractivity contribution < 1.29 is 9.47 Å². The molecule has 0 aliphatic carbocycles. The average Bonchev–Trinajstić information content (AvgIpc) is 2.43. The van der Waals surface area contributed by atoms with Gasteiger partial charge in [0, 0.05) is 16.8 Å². The van der Waals surface area contributed by atoms with Gasteiger partial charge < -0.3 is 15.2 Å². The summed E-state index contributed by atoms with van der Waals surface area (Å²) in [6.45, 7) is 3.76. The number of nitrogens with two attached hydrogens (primary N) is 1. The van der Waals surface area contributed by atoms with Crippen LogP contribution >= 0.6 is 11.6 Å². The Balaban J connectivity index is 2.65. The molecule has 0 aliphatic heterocycles. The van der Waals surface area contributed by atoms with Crippen molar-refractivity contribution in [2.75, 3.05) is 20.0 Å². The standard InChI is InChI=1S/C14H16ClN3O2/c1-7-8(2)17-14(18-13(7)16)9-5-6-10(19-3)12(20-4)11(9)15/h5-6H,1-4H3,(H2,16,17,18). The van der Waals surface area contributed by atoms with Crippen LogP contribution in [-0.2, 0) is 0 Å². The molecule has 0 fully saturated rings. The molecule has 2 N–H and O–H groups in total. The number of nitrogens with zero attached hydrogens (tertiary/aromatic N) is 2. The third-order valence-electron chi connectivity index (χ3n) is 3.15. The van der Waals surface area contributed by atoms with Gasteiger partial charge in [0.2, 0.25) is 0 Å². The van der Waals surface area contributed by atoms with Crippen LogP contribution in [0.25, 0.3) is 11.4 Å². The lowest BCUT2D eigenvalue weighted by Crippen LogP contribution is -2.03. The molecule has 2 rings (SSSR count). The van der Waals surface area contributed by atoms with E-state index in [-0.39, 0.29) is 0 Å². The molecule has 0 bridgehead atoms. The molecular formula is C14H16ClN3O2. The van der Waals surface area contributed by atoms with Gasteiger partial charge in [0.1, 0.15) is 5.82 Å². The zero-order valence-electron chi connectivity index (χ0n) is 11.8. The van der Waals surface area contributed by atoms with E-state index in [1.165, 1.54) is 7.11 Å². The number of halogens is 1. The molecule has 0 saturated heterocycles. The predicted molar refractivity (Wildman–Crippen MR) is 79.5 cm³/mol. The van der Waals surface area contributed by atoms with E-state index in [1.54, 1.807) is 19.2 Å². The van der Waals surface area contributed by atoms with Crippen LogP contribution in [0.5, 0.6) is 11.5 Å². The largest absolute Gasteiger partial charge is 0.493 e. The van der Waals surface area contributed by atoms with E-state index in [9.17, 15) is 0 Å². The van der Waals surface area contributed by atoms with Crippen molar-refractivity contribution in [1.29, 1.82) is 0 Å². The number of aryl methyl sites for hydroxylation is 1. The minimum atomic E-state index is 0.398. The molecule has 20 heavy (non-hydrogen) atoms. The minimum Gasteiger partial charge on any atom is -0.493 e. The summed E-state index contributed by atoms with van der Waals surface area (Å²) in [6.07, 6.45) is 0. The Bertz CT molecular complexity index is 636. The fourth-order valence-electron chi connectivity index (χ4n) is 1.83. The first-order chi connectivity index (χ1) is 9.49. The van der Waals surface area contributed by atoms with Crippen LogP contribution in [0.2, 0.25) is 5.02 Å². The van der Waals surface area contributed by atoms with E-state index in [2.05, 4.69) is 9.97 Å². The highest BCUT2D eigenvalue weighted by atomic mass is 35.5. The SMILES string of the molecule is COc1ccc(-c2nc(C)c(C)c(N)n2)c(Cl)c1OC. The summed E-state index contributed by atoms with van der Waals surface area (Å²) in [4.78, 5) is 8.70. The third kappa shape index (κ3) is 2.36. The number of nitrogen functional groups attached to an aromatic ring is 1. The van der Waals surface area contributed by atoms with Crippen LogP contribution in [0.3, 0.4) is 0 Å². The summed E-state index contributed by atoms with van der Waals surface area (Å²) in [6, 6.07) is 3.54. The van der Waals surface area contributed by atoms with E-state index in [0.717, 1.165) is 11.3 Å². The number of hydrogen-bond acceptors (Lipinski definition) is 5. The highest BCUT2D eigenvalue weighted by molar-refractivity contribution is 6.35. The van der Waals surface area contributed by atoms with Gasteiger partial charge in [0.15, 0.2) is 17.3 Å². The number of methoxy groups -OCH3 is 2. The van der Waals surface area contributed by atoms with E-state index in [1.807, 2.05) is 13.8 Å². The zero-order chi connectivity index (χ0) is 14.9. The molecule has 1 heterocycles. The fourth-order valence-corrected chi connectivity index (χ4v) is 2.15. The second-order valence-electron chi connectivity index (χ2n) is 4.31. The summed E-state index contributed by atoms with van der Waals surface area (Å²) in [5.41, 5.74) is 8.22. The highest BCUT2D eigenvalue weighted by Gasteiger charge is 2.17. The van der Waals surface area contributed by atoms with E-state index in [4.69, 9.17) is 26.8 Å². The van der Waals surface area contributed by atoms with Gasteiger partial charge >= 0.3 is 0 Å². The van der Waals surface area contributed by atoms with Crippen LogP contribution in [-0.4, -0.2) is 24.2 Å². The Hall–Kier alpha value is -2.01. The van der Waals surface area contributed by atoms with Crippen LogP contribution in [0.1, 0.15) is 11.3 Å². The molecule has 0 spiro atoms. The molecule has 0 atom stereocenters. The second kappa shape index (κ2) is 5.54. The second-order valence-corrected chi connectivity index (χ2v) is 4.68. The smallest absolute Gasteiger partial charge is 0.180 e. The van der Waals surface area contributed by atoms with Gasteiger partial charge in [-0.05, 0) is 26.0 Å². The van der Waals surface area contributed by atoms with Crippen molar-refractivity contribution in [3.63, 3.8) is 0 Å². The lowest BCUT2D eigenvalue weighted by Gasteiger charge is -2.13.